The number of sulfonamides is 1. The molecule has 19 heavy (non-hydrogen) atoms. The smallest absolute Gasteiger partial charge is 0.244 e. The molecule has 6 heteroatoms. The van der Waals surface area contributed by atoms with Gasteiger partial charge in [-0.25, -0.2) is 8.42 Å². The van der Waals surface area contributed by atoms with E-state index >= 15 is 0 Å². The quantitative estimate of drug-likeness (QED) is 0.864. The molecule has 0 spiro atoms. The van der Waals surface area contributed by atoms with E-state index in [-0.39, 0.29) is 17.4 Å². The van der Waals surface area contributed by atoms with E-state index in [0.29, 0.717) is 12.2 Å². The summed E-state index contributed by atoms with van der Waals surface area (Å²) >= 11 is 0. The molecule has 1 aromatic rings. The molecular formula is C13H19N3O2S. The van der Waals surface area contributed by atoms with Crippen molar-refractivity contribution in [3.63, 3.8) is 0 Å². The van der Waals surface area contributed by atoms with Crippen LogP contribution in [-0.2, 0) is 10.0 Å². The van der Waals surface area contributed by atoms with Crippen molar-refractivity contribution in [2.45, 2.75) is 18.7 Å². The third-order valence-electron chi connectivity index (χ3n) is 2.69. The van der Waals surface area contributed by atoms with Crippen LogP contribution in [0.15, 0.2) is 29.2 Å². The van der Waals surface area contributed by atoms with E-state index in [4.69, 9.17) is 5.26 Å². The first-order valence-corrected chi connectivity index (χ1v) is 7.56. The minimum absolute atomic E-state index is 0.180. The highest BCUT2D eigenvalue weighted by molar-refractivity contribution is 7.89. The molecule has 5 nitrogen and oxygen atoms in total. The maximum atomic E-state index is 12.5. The Kier molecular flexibility index (Phi) is 5.33. The van der Waals surface area contributed by atoms with Crippen LogP contribution in [0.1, 0.15) is 13.8 Å². The summed E-state index contributed by atoms with van der Waals surface area (Å²) in [6, 6.07) is 8.82. The summed E-state index contributed by atoms with van der Waals surface area (Å²) in [7, 11) is -2.09. The van der Waals surface area contributed by atoms with E-state index in [9.17, 15) is 8.42 Å². The van der Waals surface area contributed by atoms with Gasteiger partial charge in [0, 0.05) is 20.1 Å². The minimum Gasteiger partial charge on any atom is -0.384 e. The summed E-state index contributed by atoms with van der Waals surface area (Å²) < 4.78 is 26.1. The second kappa shape index (κ2) is 6.55. The zero-order valence-electron chi connectivity index (χ0n) is 11.4. The molecule has 1 aromatic carbocycles. The second-order valence-corrected chi connectivity index (χ2v) is 6.36. The van der Waals surface area contributed by atoms with Crippen molar-refractivity contribution >= 4 is 15.7 Å². The van der Waals surface area contributed by atoms with E-state index < -0.39 is 10.0 Å². The zero-order valence-corrected chi connectivity index (χ0v) is 12.2. The summed E-state index contributed by atoms with van der Waals surface area (Å²) in [6.45, 7) is 4.43. The van der Waals surface area contributed by atoms with Crippen LogP contribution in [0, 0.1) is 17.2 Å². The van der Waals surface area contributed by atoms with Gasteiger partial charge in [-0.3, -0.25) is 0 Å². The Morgan fingerprint density at radius 3 is 2.63 bits per heavy atom. The maximum Gasteiger partial charge on any atom is 0.244 e. The Hall–Kier alpha value is -1.58. The minimum atomic E-state index is -3.58. The highest BCUT2D eigenvalue weighted by atomic mass is 32.2. The average Bonchev–Trinajstić information content (AvgIpc) is 2.39. The predicted octanol–water partition coefficient (Wildman–Crippen LogP) is 1.90. The van der Waals surface area contributed by atoms with E-state index in [1.165, 1.54) is 11.4 Å². The van der Waals surface area contributed by atoms with Gasteiger partial charge >= 0.3 is 0 Å². The molecule has 0 aliphatic carbocycles. The van der Waals surface area contributed by atoms with E-state index in [1.54, 1.807) is 31.2 Å². The third-order valence-corrected chi connectivity index (χ3v) is 4.58. The lowest BCUT2D eigenvalue weighted by molar-refractivity contribution is 0.439. The number of hydrogen-bond acceptors (Lipinski definition) is 4. The Balaban J connectivity index is 3.10. The molecule has 0 radical (unpaired) electrons. The van der Waals surface area contributed by atoms with Crippen LogP contribution >= 0.6 is 0 Å². The molecule has 0 heterocycles. The molecule has 0 saturated carbocycles. The fourth-order valence-electron chi connectivity index (χ4n) is 1.72. The molecule has 0 fully saturated rings. The standard InChI is InChI=1S/C13H19N3O2S/c1-4-15-12-7-5-6-8-13(12)19(17,18)16(3)10-11(2)9-14/h5-8,11,15H,4,10H2,1-3H3. The third kappa shape index (κ3) is 3.69. The van der Waals surface area contributed by atoms with Gasteiger partial charge in [0.2, 0.25) is 10.0 Å². The number of benzene rings is 1. The number of para-hydroxylation sites is 1. The molecule has 1 atom stereocenters. The molecule has 104 valence electrons. The van der Waals surface area contributed by atoms with Gasteiger partial charge in [-0.2, -0.15) is 9.57 Å². The van der Waals surface area contributed by atoms with Gasteiger partial charge < -0.3 is 5.32 Å². The van der Waals surface area contributed by atoms with Gasteiger partial charge in [0.15, 0.2) is 0 Å². The van der Waals surface area contributed by atoms with Crippen LogP contribution in [0.4, 0.5) is 5.69 Å². The number of nitrogens with zero attached hydrogens (tertiary/aromatic N) is 2. The van der Waals surface area contributed by atoms with Crippen molar-refractivity contribution in [3.05, 3.63) is 24.3 Å². The second-order valence-electron chi connectivity index (χ2n) is 4.34. The summed E-state index contributed by atoms with van der Waals surface area (Å²) in [5, 5.41) is 11.8. The fourth-order valence-corrected chi connectivity index (χ4v) is 3.14. The van der Waals surface area contributed by atoms with Gasteiger partial charge in [0.25, 0.3) is 0 Å². The van der Waals surface area contributed by atoms with Crippen LogP contribution in [0.5, 0.6) is 0 Å². The molecular weight excluding hydrogens is 262 g/mol. The van der Waals surface area contributed by atoms with Gasteiger partial charge in [-0.1, -0.05) is 12.1 Å². The van der Waals surface area contributed by atoms with E-state index in [1.807, 2.05) is 13.0 Å². The summed E-state index contributed by atoms with van der Waals surface area (Å²) in [5.41, 5.74) is 0.585. The predicted molar refractivity (Wildman–Crippen MR) is 75.2 cm³/mol. The molecule has 0 aromatic heterocycles. The number of hydrogen-bond donors (Lipinski definition) is 1. The molecule has 1 rings (SSSR count). The van der Waals surface area contributed by atoms with Crippen LogP contribution in [0.25, 0.3) is 0 Å². The number of rotatable bonds is 6. The zero-order chi connectivity index (χ0) is 14.5. The average molecular weight is 281 g/mol. The number of anilines is 1. The first kappa shape index (κ1) is 15.5. The monoisotopic (exact) mass is 281 g/mol. The number of nitrogens with one attached hydrogen (secondary N) is 1. The van der Waals surface area contributed by atoms with Crippen molar-refractivity contribution in [1.82, 2.24) is 4.31 Å². The SMILES string of the molecule is CCNc1ccccc1S(=O)(=O)N(C)CC(C)C#N. The number of nitriles is 1. The van der Waals surface area contributed by atoms with Crippen LogP contribution in [-0.4, -0.2) is 32.9 Å². The molecule has 0 amide bonds. The first-order valence-electron chi connectivity index (χ1n) is 6.12. The van der Waals surface area contributed by atoms with Gasteiger partial charge in [-0.15, -0.1) is 0 Å². The lowest BCUT2D eigenvalue weighted by Gasteiger charge is -2.20. The largest absolute Gasteiger partial charge is 0.384 e. The summed E-state index contributed by atoms with van der Waals surface area (Å²) in [5.74, 6) is -0.342. The Morgan fingerprint density at radius 2 is 2.05 bits per heavy atom. The molecule has 0 aliphatic rings. The van der Waals surface area contributed by atoms with Gasteiger partial charge in [0.1, 0.15) is 4.90 Å². The fraction of sp³-hybridized carbons (Fsp3) is 0.462. The molecule has 0 aliphatic heterocycles. The Bertz CT molecular complexity index is 563. The normalized spacial score (nSPS) is 13.0. The summed E-state index contributed by atoms with van der Waals surface area (Å²) in [4.78, 5) is 0.240. The van der Waals surface area contributed by atoms with Crippen LogP contribution in [0.2, 0.25) is 0 Å². The van der Waals surface area contributed by atoms with Crippen molar-refractivity contribution in [3.8, 4) is 6.07 Å². The highest BCUT2D eigenvalue weighted by Gasteiger charge is 2.24. The first-order chi connectivity index (χ1) is 8.93. The van der Waals surface area contributed by atoms with Crippen molar-refractivity contribution in [2.75, 3.05) is 25.5 Å². The topological polar surface area (TPSA) is 73.2 Å². The maximum absolute atomic E-state index is 12.5. The van der Waals surface area contributed by atoms with Crippen molar-refractivity contribution in [1.29, 1.82) is 5.26 Å². The van der Waals surface area contributed by atoms with Gasteiger partial charge in [-0.05, 0) is 26.0 Å². The van der Waals surface area contributed by atoms with E-state index in [0.717, 1.165) is 0 Å². The lowest BCUT2D eigenvalue weighted by atomic mass is 10.2. The summed E-state index contributed by atoms with van der Waals surface area (Å²) in [6.07, 6.45) is 0. The van der Waals surface area contributed by atoms with Crippen molar-refractivity contribution < 1.29 is 8.42 Å². The Morgan fingerprint density at radius 1 is 1.42 bits per heavy atom. The van der Waals surface area contributed by atoms with Crippen LogP contribution < -0.4 is 5.32 Å². The highest BCUT2D eigenvalue weighted by Crippen LogP contribution is 2.24. The van der Waals surface area contributed by atoms with Crippen molar-refractivity contribution in [2.24, 2.45) is 5.92 Å². The molecule has 1 N–H and O–H groups in total. The lowest BCUT2D eigenvalue weighted by Crippen LogP contribution is -2.31. The Labute approximate surface area is 114 Å². The molecule has 0 saturated heterocycles. The molecule has 0 bridgehead atoms. The van der Waals surface area contributed by atoms with Crippen LogP contribution in [0.3, 0.4) is 0 Å². The van der Waals surface area contributed by atoms with Gasteiger partial charge in [0.05, 0.1) is 17.7 Å². The van der Waals surface area contributed by atoms with E-state index in [2.05, 4.69) is 5.32 Å². The molecule has 1 unspecified atom stereocenters.